The molecular formula is C19H29N3O2. The number of ether oxygens (including phenoxy) is 1. The Balaban J connectivity index is 1.36. The highest BCUT2D eigenvalue weighted by molar-refractivity contribution is 5.67. The molecule has 0 saturated carbocycles. The number of carbonyl (C=O) groups is 1. The number of rotatable bonds is 4. The maximum Gasteiger partial charge on any atom is 0.410 e. The van der Waals surface area contributed by atoms with Crippen molar-refractivity contribution in [2.75, 3.05) is 32.7 Å². The van der Waals surface area contributed by atoms with Crippen molar-refractivity contribution >= 4 is 6.09 Å². The smallest absolute Gasteiger partial charge is 0.410 e. The summed E-state index contributed by atoms with van der Waals surface area (Å²) in [5.74, 6) is 0.692. The van der Waals surface area contributed by atoms with E-state index < -0.39 is 0 Å². The number of nitrogens with zero attached hydrogens (tertiary/aromatic N) is 2. The van der Waals surface area contributed by atoms with Crippen LogP contribution in [0.25, 0.3) is 0 Å². The number of carbonyl (C=O) groups excluding carboxylic acids is 1. The largest absolute Gasteiger partial charge is 0.445 e. The van der Waals surface area contributed by atoms with Crippen molar-refractivity contribution in [1.82, 2.24) is 9.80 Å². The zero-order valence-electron chi connectivity index (χ0n) is 14.4. The van der Waals surface area contributed by atoms with Crippen LogP contribution in [0.15, 0.2) is 30.3 Å². The molecular weight excluding hydrogens is 302 g/mol. The van der Waals surface area contributed by atoms with Gasteiger partial charge in [-0.1, -0.05) is 30.3 Å². The Labute approximate surface area is 144 Å². The second kappa shape index (κ2) is 8.49. The molecule has 0 bridgehead atoms. The Morgan fingerprint density at radius 2 is 1.71 bits per heavy atom. The summed E-state index contributed by atoms with van der Waals surface area (Å²) in [4.78, 5) is 16.6. The van der Waals surface area contributed by atoms with E-state index in [1.165, 1.54) is 0 Å². The van der Waals surface area contributed by atoms with Crippen molar-refractivity contribution in [2.45, 2.75) is 38.3 Å². The summed E-state index contributed by atoms with van der Waals surface area (Å²) >= 11 is 0. The molecule has 5 nitrogen and oxygen atoms in total. The van der Waals surface area contributed by atoms with Crippen LogP contribution in [0.5, 0.6) is 0 Å². The molecule has 1 aromatic carbocycles. The molecule has 0 spiro atoms. The first-order valence-corrected chi connectivity index (χ1v) is 9.14. The van der Waals surface area contributed by atoms with Gasteiger partial charge in [0.1, 0.15) is 6.61 Å². The molecule has 2 aliphatic heterocycles. The fourth-order valence-electron chi connectivity index (χ4n) is 3.61. The number of hydrogen-bond donors (Lipinski definition) is 1. The quantitative estimate of drug-likeness (QED) is 0.921. The van der Waals surface area contributed by atoms with Crippen LogP contribution in [0.3, 0.4) is 0 Å². The maximum absolute atomic E-state index is 12.2. The number of likely N-dealkylation sites (tertiary alicyclic amines) is 2. The molecule has 5 heteroatoms. The van der Waals surface area contributed by atoms with E-state index in [0.717, 1.165) is 64.0 Å². The fraction of sp³-hybridized carbons (Fsp3) is 0.632. The van der Waals surface area contributed by atoms with E-state index in [2.05, 4.69) is 4.90 Å². The molecule has 0 unspecified atom stereocenters. The van der Waals surface area contributed by atoms with Crippen LogP contribution < -0.4 is 5.73 Å². The number of nitrogens with two attached hydrogens (primary N) is 1. The topological polar surface area (TPSA) is 58.8 Å². The van der Waals surface area contributed by atoms with Gasteiger partial charge in [-0.2, -0.15) is 0 Å². The molecule has 2 aliphatic rings. The summed E-state index contributed by atoms with van der Waals surface area (Å²) in [7, 11) is 0. The SMILES string of the molecule is NC1CCN(CC2CCN(C(=O)OCc3ccccc3)CC2)CC1. The van der Waals surface area contributed by atoms with Crippen molar-refractivity contribution in [2.24, 2.45) is 11.7 Å². The van der Waals surface area contributed by atoms with Crippen LogP contribution in [-0.2, 0) is 11.3 Å². The van der Waals surface area contributed by atoms with Crippen molar-refractivity contribution in [3.63, 3.8) is 0 Å². The van der Waals surface area contributed by atoms with E-state index in [9.17, 15) is 4.79 Å². The Morgan fingerprint density at radius 1 is 1.04 bits per heavy atom. The molecule has 1 aromatic rings. The van der Waals surface area contributed by atoms with E-state index >= 15 is 0 Å². The Kier molecular flexibility index (Phi) is 6.10. The molecule has 0 aromatic heterocycles. The van der Waals surface area contributed by atoms with Gasteiger partial charge in [0.25, 0.3) is 0 Å². The minimum Gasteiger partial charge on any atom is -0.445 e. The summed E-state index contributed by atoms with van der Waals surface area (Å²) in [6, 6.07) is 10.2. The van der Waals surface area contributed by atoms with Gasteiger partial charge in [-0.3, -0.25) is 0 Å². The Hall–Kier alpha value is -1.59. The Morgan fingerprint density at radius 3 is 2.38 bits per heavy atom. The second-order valence-electron chi connectivity index (χ2n) is 7.11. The Bertz CT molecular complexity index is 507. The summed E-state index contributed by atoms with van der Waals surface area (Å²) in [6.45, 7) is 5.38. The molecule has 1 amide bonds. The fourth-order valence-corrected chi connectivity index (χ4v) is 3.61. The first-order valence-electron chi connectivity index (χ1n) is 9.14. The summed E-state index contributed by atoms with van der Waals surface area (Å²) in [5.41, 5.74) is 7.00. The van der Waals surface area contributed by atoms with Gasteiger partial charge in [0.05, 0.1) is 0 Å². The first-order chi connectivity index (χ1) is 11.7. The van der Waals surface area contributed by atoms with Crippen molar-refractivity contribution in [3.05, 3.63) is 35.9 Å². The van der Waals surface area contributed by atoms with Gasteiger partial charge in [-0.05, 0) is 50.3 Å². The summed E-state index contributed by atoms with van der Waals surface area (Å²) < 4.78 is 5.43. The zero-order valence-corrected chi connectivity index (χ0v) is 14.4. The lowest BCUT2D eigenvalue weighted by Crippen LogP contribution is -2.45. The number of hydrogen-bond acceptors (Lipinski definition) is 4. The minimum absolute atomic E-state index is 0.179. The van der Waals surface area contributed by atoms with Crippen LogP contribution in [0.1, 0.15) is 31.2 Å². The van der Waals surface area contributed by atoms with Gasteiger partial charge >= 0.3 is 6.09 Å². The number of amides is 1. The monoisotopic (exact) mass is 331 g/mol. The summed E-state index contributed by atoms with van der Waals surface area (Å²) in [6.07, 6.45) is 4.20. The zero-order chi connectivity index (χ0) is 16.8. The average Bonchev–Trinajstić information content (AvgIpc) is 2.63. The lowest BCUT2D eigenvalue weighted by Gasteiger charge is -2.36. The van der Waals surface area contributed by atoms with Crippen molar-refractivity contribution < 1.29 is 9.53 Å². The van der Waals surface area contributed by atoms with Gasteiger partial charge in [-0.25, -0.2) is 4.79 Å². The molecule has 2 heterocycles. The lowest BCUT2D eigenvalue weighted by atomic mass is 9.95. The molecule has 0 radical (unpaired) electrons. The highest BCUT2D eigenvalue weighted by Crippen LogP contribution is 2.21. The van der Waals surface area contributed by atoms with Crippen LogP contribution in [0.2, 0.25) is 0 Å². The molecule has 132 valence electrons. The molecule has 0 aliphatic carbocycles. The first kappa shape index (κ1) is 17.2. The normalized spacial score (nSPS) is 21.0. The lowest BCUT2D eigenvalue weighted by molar-refractivity contribution is 0.0752. The van der Waals surface area contributed by atoms with Crippen molar-refractivity contribution in [3.8, 4) is 0 Å². The van der Waals surface area contributed by atoms with E-state index in [1.54, 1.807) is 0 Å². The van der Waals surface area contributed by atoms with Gasteiger partial charge in [0.2, 0.25) is 0 Å². The molecule has 2 fully saturated rings. The van der Waals surface area contributed by atoms with E-state index in [4.69, 9.17) is 10.5 Å². The van der Waals surface area contributed by atoms with Gasteiger partial charge in [-0.15, -0.1) is 0 Å². The number of piperidine rings is 2. The second-order valence-corrected chi connectivity index (χ2v) is 7.11. The average molecular weight is 331 g/mol. The molecule has 2 N–H and O–H groups in total. The van der Waals surface area contributed by atoms with E-state index in [0.29, 0.717) is 18.6 Å². The van der Waals surface area contributed by atoms with Crippen LogP contribution in [0, 0.1) is 5.92 Å². The van der Waals surface area contributed by atoms with Gasteiger partial charge in [0.15, 0.2) is 0 Å². The third kappa shape index (κ3) is 4.95. The predicted octanol–water partition coefficient (Wildman–Crippen LogP) is 2.46. The molecule has 2 saturated heterocycles. The van der Waals surface area contributed by atoms with Crippen LogP contribution >= 0.6 is 0 Å². The van der Waals surface area contributed by atoms with Gasteiger partial charge < -0.3 is 20.3 Å². The van der Waals surface area contributed by atoms with E-state index in [-0.39, 0.29) is 6.09 Å². The summed E-state index contributed by atoms with van der Waals surface area (Å²) in [5, 5.41) is 0. The molecule has 24 heavy (non-hydrogen) atoms. The van der Waals surface area contributed by atoms with E-state index in [1.807, 2.05) is 35.2 Å². The third-order valence-electron chi connectivity index (χ3n) is 5.23. The highest BCUT2D eigenvalue weighted by atomic mass is 16.6. The third-order valence-corrected chi connectivity index (χ3v) is 5.23. The standard InChI is InChI=1S/C19H29N3O2/c20-18-8-10-21(11-9-18)14-16-6-12-22(13-7-16)19(23)24-15-17-4-2-1-3-5-17/h1-5,16,18H,6-15,20H2. The predicted molar refractivity (Wildman–Crippen MR) is 94.6 cm³/mol. The molecule has 3 rings (SSSR count). The molecule has 0 atom stereocenters. The van der Waals surface area contributed by atoms with Gasteiger partial charge in [0, 0.05) is 25.7 Å². The van der Waals surface area contributed by atoms with Crippen LogP contribution in [-0.4, -0.2) is 54.7 Å². The number of benzene rings is 1. The highest BCUT2D eigenvalue weighted by Gasteiger charge is 2.26. The minimum atomic E-state index is -0.179. The van der Waals surface area contributed by atoms with Crippen molar-refractivity contribution in [1.29, 1.82) is 0 Å². The maximum atomic E-state index is 12.2. The van der Waals surface area contributed by atoms with Crippen LogP contribution in [0.4, 0.5) is 4.79 Å².